The smallest absolute Gasteiger partial charge is 0.410 e. The summed E-state index contributed by atoms with van der Waals surface area (Å²) in [6.45, 7) is 3.61. The summed E-state index contributed by atoms with van der Waals surface area (Å²) in [7, 11) is 0. The van der Waals surface area contributed by atoms with Crippen LogP contribution in [0.3, 0.4) is 0 Å². The molecule has 4 fully saturated rings. The molecule has 15 nitrogen and oxygen atoms in total. The number of ether oxygens (including phenoxy) is 4. The standard InChI is InChI=1S/C27H29N3O4S.C14H16BrNO3.C13H16N2O2S.CH4/c31-26(33-17-20-9-3-1-4-10-20)29-15-7-13-23(29)22-19-35-25(28-22)24-14-8-16-30(24)27(32)34-18-21-11-5-2-6-12-21;15-9-13(17)12-7-4-8-16(12)14(18)19-10-11-5-2-1-3-6-11;14-12(18)11-7-4-8-15(11)13(16)17-9-10-5-2-1-3-6-10;/h1-6,9-12,19,23-24H,7-8,13-18H2;1-3,5-6,12H,4,7-10H2;1-3,5-6,11H,4,7-9H2,(H2,14,18);1H4/t23?,24-;12-;11-;/m000./s1. The maximum Gasteiger partial charge on any atom is 0.410 e. The minimum absolute atomic E-state index is 0. The molecule has 4 aromatic carbocycles. The highest BCUT2D eigenvalue weighted by Gasteiger charge is 2.37. The molecular weight excluding hydrogens is 1030 g/mol. The van der Waals surface area contributed by atoms with Crippen molar-refractivity contribution in [3.05, 3.63) is 160 Å². The summed E-state index contributed by atoms with van der Waals surface area (Å²) < 4.78 is 21.7. The number of halogens is 1. The molecule has 4 saturated heterocycles. The number of thiazole rings is 1. The fraction of sp³-hybridized carbons (Fsp3) is 0.400. The average molecular weight is 1100 g/mol. The van der Waals surface area contributed by atoms with E-state index in [0.29, 0.717) is 31.2 Å². The first-order valence-electron chi connectivity index (χ1n) is 24.3. The lowest BCUT2D eigenvalue weighted by Crippen LogP contribution is -2.43. The Balaban J connectivity index is 0.000000194. The van der Waals surface area contributed by atoms with Crippen LogP contribution in [0.1, 0.15) is 104 Å². The number of nitrogens with zero attached hydrogens (tertiary/aromatic N) is 5. The Morgan fingerprint density at radius 2 is 0.877 bits per heavy atom. The van der Waals surface area contributed by atoms with Gasteiger partial charge in [0, 0.05) is 31.6 Å². The van der Waals surface area contributed by atoms with E-state index in [0.717, 1.165) is 84.3 Å². The number of ketones is 1. The van der Waals surface area contributed by atoms with Gasteiger partial charge in [-0.15, -0.1) is 11.3 Å². The molecule has 9 rings (SSSR count). The zero-order valence-electron chi connectivity index (χ0n) is 40.1. The van der Waals surface area contributed by atoms with E-state index in [-0.39, 0.29) is 87.4 Å². The van der Waals surface area contributed by atoms with Gasteiger partial charge in [0.15, 0.2) is 5.78 Å². The van der Waals surface area contributed by atoms with Crippen LogP contribution in [0, 0.1) is 0 Å². The van der Waals surface area contributed by atoms with Crippen LogP contribution in [-0.2, 0) is 50.2 Å². The Morgan fingerprint density at radius 3 is 1.29 bits per heavy atom. The van der Waals surface area contributed by atoms with Crippen LogP contribution in [0.5, 0.6) is 0 Å². The lowest BCUT2D eigenvalue weighted by molar-refractivity contribution is -0.120. The van der Waals surface area contributed by atoms with Crippen LogP contribution in [-0.4, -0.2) is 103 Å². The van der Waals surface area contributed by atoms with E-state index in [4.69, 9.17) is 41.9 Å². The number of alkyl halides is 1. The van der Waals surface area contributed by atoms with Gasteiger partial charge in [-0.3, -0.25) is 24.4 Å². The predicted molar refractivity (Wildman–Crippen MR) is 288 cm³/mol. The van der Waals surface area contributed by atoms with E-state index >= 15 is 0 Å². The van der Waals surface area contributed by atoms with Crippen LogP contribution in [0.25, 0.3) is 0 Å². The first-order chi connectivity index (χ1) is 35.1. The summed E-state index contributed by atoms with van der Waals surface area (Å²) in [6, 6.07) is 37.8. The van der Waals surface area contributed by atoms with Crippen LogP contribution in [0.15, 0.2) is 127 Å². The number of carbonyl (C=O) groups excluding carboxylic acids is 5. The van der Waals surface area contributed by atoms with Crippen molar-refractivity contribution in [1.82, 2.24) is 24.6 Å². The topological polar surface area (TPSA) is 174 Å². The molecule has 0 saturated carbocycles. The van der Waals surface area contributed by atoms with Gasteiger partial charge in [0.25, 0.3) is 0 Å². The summed E-state index contributed by atoms with van der Waals surface area (Å²) in [6.07, 6.45) is 5.53. The lowest BCUT2D eigenvalue weighted by atomic mass is 10.1. The number of nitrogens with two attached hydrogens (primary N) is 1. The van der Waals surface area contributed by atoms with E-state index in [2.05, 4.69) is 15.9 Å². The maximum atomic E-state index is 12.8. The summed E-state index contributed by atoms with van der Waals surface area (Å²) >= 11 is 9.66. The van der Waals surface area contributed by atoms with E-state index in [9.17, 15) is 24.0 Å². The summed E-state index contributed by atoms with van der Waals surface area (Å²) in [4.78, 5) is 73.2. The van der Waals surface area contributed by atoms with Crippen molar-refractivity contribution in [2.75, 3.05) is 31.5 Å². The molecule has 73 heavy (non-hydrogen) atoms. The predicted octanol–water partition coefficient (Wildman–Crippen LogP) is 11.6. The lowest BCUT2D eigenvalue weighted by Gasteiger charge is -2.24. The average Bonchev–Trinajstić information content (AvgIpc) is 4.29. The second-order valence-corrected chi connectivity index (χ2v) is 19.6. The van der Waals surface area contributed by atoms with Crippen molar-refractivity contribution in [2.45, 2.75) is 109 Å². The molecule has 388 valence electrons. The van der Waals surface area contributed by atoms with Gasteiger partial charge >= 0.3 is 24.4 Å². The highest BCUT2D eigenvalue weighted by molar-refractivity contribution is 9.09. The highest BCUT2D eigenvalue weighted by atomic mass is 79.9. The molecule has 0 bridgehead atoms. The summed E-state index contributed by atoms with van der Waals surface area (Å²) in [5.74, 6) is 0.0363. The molecule has 4 aliphatic rings. The number of Topliss-reactive ketones (excluding diaryl/α,β-unsaturated/α-hetero) is 1. The Kier molecular flexibility index (Phi) is 22.0. The number of hydrogen-bond donors (Lipinski definition) is 1. The maximum absolute atomic E-state index is 12.8. The minimum atomic E-state index is -0.402. The quantitative estimate of drug-likeness (QED) is 0.0672. The first kappa shape index (κ1) is 55.9. The number of aromatic nitrogens is 1. The summed E-state index contributed by atoms with van der Waals surface area (Å²) in [5.41, 5.74) is 10.3. The van der Waals surface area contributed by atoms with Crippen LogP contribution >= 0.6 is 39.5 Å². The van der Waals surface area contributed by atoms with Gasteiger partial charge in [-0.25, -0.2) is 24.2 Å². The zero-order valence-corrected chi connectivity index (χ0v) is 43.4. The van der Waals surface area contributed by atoms with Crippen molar-refractivity contribution in [3.63, 3.8) is 0 Å². The fourth-order valence-corrected chi connectivity index (χ4v) is 10.7. The zero-order chi connectivity index (χ0) is 50.7. The Labute approximate surface area is 446 Å². The largest absolute Gasteiger partial charge is 0.445 e. The number of carbonyl (C=O) groups is 5. The molecule has 2 N–H and O–H groups in total. The molecule has 5 heterocycles. The van der Waals surface area contributed by atoms with Gasteiger partial charge in [-0.1, -0.05) is 157 Å². The van der Waals surface area contributed by atoms with Gasteiger partial charge in [-0.2, -0.15) is 0 Å². The van der Waals surface area contributed by atoms with Gasteiger partial charge in [0.05, 0.1) is 40.2 Å². The second-order valence-electron chi connectivity index (χ2n) is 17.7. The first-order valence-corrected chi connectivity index (χ1v) is 26.7. The SMILES string of the molecule is C.NC(=S)[C@@H]1CCCN1C(=O)OCc1ccccc1.O=C(CBr)[C@@H]1CCCN1C(=O)OCc1ccccc1.O=C(OCc1ccccc1)N1CCCC1c1csc([C@@H]2CCCN2C(=O)OCc2ccccc2)n1. The number of hydrogen-bond acceptors (Lipinski definition) is 12. The molecule has 5 aromatic rings. The van der Waals surface area contributed by atoms with Gasteiger partial charge < -0.3 is 24.7 Å². The molecule has 0 aliphatic carbocycles. The molecule has 1 unspecified atom stereocenters. The fourth-order valence-electron chi connectivity index (χ4n) is 9.04. The third kappa shape index (κ3) is 16.1. The third-order valence-electron chi connectivity index (χ3n) is 12.8. The number of likely N-dealkylation sites (tertiary alicyclic amines) is 4. The summed E-state index contributed by atoms with van der Waals surface area (Å²) in [5, 5.41) is 3.20. The Morgan fingerprint density at radius 1 is 0.534 bits per heavy atom. The van der Waals surface area contributed by atoms with Crippen LogP contribution < -0.4 is 5.73 Å². The normalized spacial score (nSPS) is 18.8. The van der Waals surface area contributed by atoms with E-state index < -0.39 is 6.09 Å². The van der Waals surface area contributed by atoms with Crippen molar-refractivity contribution in [1.29, 1.82) is 0 Å². The van der Waals surface area contributed by atoms with Crippen LogP contribution in [0.2, 0.25) is 0 Å². The van der Waals surface area contributed by atoms with E-state index in [1.54, 1.807) is 26.0 Å². The molecule has 1 aromatic heterocycles. The van der Waals surface area contributed by atoms with Crippen molar-refractivity contribution in [2.24, 2.45) is 5.73 Å². The number of thiocarbonyl (C=S) groups is 1. The molecule has 18 heteroatoms. The molecule has 4 aliphatic heterocycles. The van der Waals surface area contributed by atoms with Crippen molar-refractivity contribution in [3.8, 4) is 0 Å². The second kappa shape index (κ2) is 28.8. The van der Waals surface area contributed by atoms with Gasteiger partial charge in [-0.05, 0) is 73.6 Å². The van der Waals surface area contributed by atoms with Crippen molar-refractivity contribution >= 4 is 74.6 Å². The number of rotatable bonds is 13. The molecule has 4 amide bonds. The third-order valence-corrected chi connectivity index (χ3v) is 14.6. The highest BCUT2D eigenvalue weighted by Crippen LogP contribution is 2.38. The van der Waals surface area contributed by atoms with Crippen molar-refractivity contribution < 1.29 is 42.9 Å². The van der Waals surface area contributed by atoms with Gasteiger partial charge in [0.1, 0.15) is 31.4 Å². The Bertz CT molecular complexity index is 2460. The molecular formula is C55H65BrN6O9S2. The monoisotopic (exact) mass is 1100 g/mol. The minimum Gasteiger partial charge on any atom is -0.445 e. The number of amides is 4. The van der Waals surface area contributed by atoms with E-state index in [1.165, 1.54) is 4.90 Å². The number of benzene rings is 4. The van der Waals surface area contributed by atoms with E-state index in [1.807, 2.05) is 127 Å². The molecule has 0 spiro atoms. The molecule has 0 radical (unpaired) electrons. The van der Waals surface area contributed by atoms with Crippen LogP contribution in [0.4, 0.5) is 19.2 Å². The van der Waals surface area contributed by atoms with Gasteiger partial charge in [0.2, 0.25) is 0 Å². The Hall–Kier alpha value is -6.37. The molecule has 4 atom stereocenters.